The van der Waals surface area contributed by atoms with Crippen LogP contribution < -0.4 is 4.72 Å². The van der Waals surface area contributed by atoms with Crippen LogP contribution in [0, 0.1) is 16.7 Å². The minimum absolute atomic E-state index is 0.108. The Bertz CT molecular complexity index is 598. The maximum Gasteiger partial charge on any atom is 0.356 e. The van der Waals surface area contributed by atoms with E-state index in [0.29, 0.717) is 0 Å². The fourth-order valence-corrected chi connectivity index (χ4v) is 3.34. The van der Waals surface area contributed by atoms with Gasteiger partial charge >= 0.3 is 5.97 Å². The number of carboxylic acid groups (broad SMARTS) is 1. The third-order valence-corrected chi connectivity index (χ3v) is 4.76. The minimum atomic E-state index is -3.96. The van der Waals surface area contributed by atoms with Crippen LogP contribution in [0.5, 0.6) is 0 Å². The number of rotatable bonds is 5. The molecule has 18 heavy (non-hydrogen) atoms. The van der Waals surface area contributed by atoms with Gasteiger partial charge in [0.25, 0.3) is 10.0 Å². The van der Waals surface area contributed by atoms with Crippen LogP contribution in [0.1, 0.15) is 24.3 Å². The van der Waals surface area contributed by atoms with Crippen LogP contribution in [0.15, 0.2) is 9.72 Å². The van der Waals surface area contributed by atoms with E-state index in [-0.39, 0.29) is 10.8 Å². The molecule has 0 aliphatic rings. The molecule has 1 rings (SSSR count). The highest BCUT2D eigenvalue weighted by atomic mass is 32.2. The molecule has 1 heterocycles. The summed E-state index contributed by atoms with van der Waals surface area (Å²) in [5.41, 5.74) is -0.239. The molecule has 0 unspecified atom stereocenters. The number of nitrogens with one attached hydrogen (secondary N) is 1. The first-order valence-electron chi connectivity index (χ1n) is 4.77. The van der Waals surface area contributed by atoms with Gasteiger partial charge in [-0.3, -0.25) is 0 Å². The van der Waals surface area contributed by atoms with Crippen LogP contribution in [0.25, 0.3) is 0 Å². The Morgan fingerprint density at radius 2 is 2.28 bits per heavy atom. The van der Waals surface area contributed by atoms with Crippen molar-refractivity contribution < 1.29 is 18.3 Å². The lowest BCUT2D eigenvalue weighted by Gasteiger charge is -2.15. The fourth-order valence-electron chi connectivity index (χ4n) is 0.949. The molecule has 0 aliphatic carbocycles. The van der Waals surface area contributed by atoms with Gasteiger partial charge in [0, 0.05) is 6.54 Å². The maximum absolute atomic E-state index is 11.9. The molecule has 0 amide bonds. The Kier molecular flexibility index (Phi) is 4.05. The Morgan fingerprint density at radius 1 is 1.67 bits per heavy atom. The van der Waals surface area contributed by atoms with Gasteiger partial charge in [-0.15, -0.1) is 11.3 Å². The van der Waals surface area contributed by atoms with Crippen molar-refractivity contribution in [1.29, 1.82) is 5.26 Å². The van der Waals surface area contributed by atoms with E-state index in [1.165, 1.54) is 0 Å². The van der Waals surface area contributed by atoms with Gasteiger partial charge in [-0.2, -0.15) is 5.26 Å². The monoisotopic (exact) mass is 289 g/mol. The summed E-state index contributed by atoms with van der Waals surface area (Å²) in [6, 6.07) is 1.94. The SMILES string of the molecule is CC(C)(C#N)CNS(=O)(=O)c1scnc1C(=O)O. The number of nitriles is 1. The van der Waals surface area contributed by atoms with Crippen LogP contribution in [-0.2, 0) is 10.0 Å². The van der Waals surface area contributed by atoms with Crippen LogP contribution in [0.4, 0.5) is 0 Å². The largest absolute Gasteiger partial charge is 0.476 e. The summed E-state index contributed by atoms with van der Waals surface area (Å²) in [6.45, 7) is 3.03. The maximum atomic E-state index is 11.9. The molecular weight excluding hydrogens is 278 g/mol. The van der Waals surface area contributed by atoms with E-state index in [0.717, 1.165) is 16.8 Å². The van der Waals surface area contributed by atoms with Gasteiger partial charge in [-0.05, 0) is 13.8 Å². The Labute approximate surface area is 108 Å². The molecule has 0 aliphatic heterocycles. The first-order chi connectivity index (χ1) is 8.19. The van der Waals surface area contributed by atoms with Crippen molar-refractivity contribution in [1.82, 2.24) is 9.71 Å². The molecule has 9 heteroatoms. The van der Waals surface area contributed by atoms with Gasteiger partial charge < -0.3 is 5.11 Å². The summed E-state index contributed by atoms with van der Waals surface area (Å²) in [5, 5.41) is 17.6. The van der Waals surface area contributed by atoms with Crippen molar-refractivity contribution in [2.24, 2.45) is 5.41 Å². The summed E-state index contributed by atoms with van der Waals surface area (Å²) in [7, 11) is -3.96. The third-order valence-electron chi connectivity index (χ3n) is 1.99. The minimum Gasteiger partial charge on any atom is -0.476 e. The lowest BCUT2D eigenvalue weighted by atomic mass is 9.97. The molecule has 0 bridgehead atoms. The second kappa shape index (κ2) is 5.01. The standard InChI is InChI=1S/C9H11N3O4S2/c1-9(2,3-10)4-12-18(15,16)8-6(7(13)14)11-5-17-8/h5,12H,4H2,1-2H3,(H,13,14). The summed E-state index contributed by atoms with van der Waals surface area (Å²) >= 11 is 0.718. The second-order valence-electron chi connectivity index (χ2n) is 4.11. The van der Waals surface area contributed by atoms with E-state index >= 15 is 0 Å². The van der Waals surface area contributed by atoms with Crippen molar-refractivity contribution in [2.75, 3.05) is 6.54 Å². The zero-order chi connectivity index (χ0) is 14.0. The summed E-state index contributed by atoms with van der Waals surface area (Å²) in [4.78, 5) is 14.3. The lowest BCUT2D eigenvalue weighted by Crippen LogP contribution is -2.33. The summed E-state index contributed by atoms with van der Waals surface area (Å²) in [6.07, 6.45) is 0. The topological polar surface area (TPSA) is 120 Å². The molecule has 0 saturated heterocycles. The molecule has 1 aromatic rings. The van der Waals surface area contributed by atoms with Gasteiger partial charge in [0.2, 0.25) is 0 Å². The van der Waals surface area contributed by atoms with Gasteiger partial charge in [0.15, 0.2) is 9.90 Å². The smallest absolute Gasteiger partial charge is 0.356 e. The number of aromatic nitrogens is 1. The number of carboxylic acids is 1. The Morgan fingerprint density at radius 3 is 2.78 bits per heavy atom. The van der Waals surface area contributed by atoms with E-state index in [2.05, 4.69) is 9.71 Å². The number of carbonyl (C=O) groups is 1. The lowest BCUT2D eigenvalue weighted by molar-refractivity contribution is 0.0687. The van der Waals surface area contributed by atoms with Crippen molar-refractivity contribution in [3.63, 3.8) is 0 Å². The predicted molar refractivity (Wildman–Crippen MR) is 63.7 cm³/mol. The van der Waals surface area contributed by atoms with E-state index in [1.54, 1.807) is 13.8 Å². The first-order valence-corrected chi connectivity index (χ1v) is 7.13. The highest BCUT2D eigenvalue weighted by Gasteiger charge is 2.28. The number of aromatic carboxylic acids is 1. The molecule has 0 spiro atoms. The van der Waals surface area contributed by atoms with Crippen LogP contribution >= 0.6 is 11.3 Å². The molecule has 0 radical (unpaired) electrons. The van der Waals surface area contributed by atoms with Crippen molar-refractivity contribution in [2.45, 2.75) is 18.1 Å². The predicted octanol–water partition coefficient (Wildman–Crippen LogP) is 0.669. The first kappa shape index (κ1) is 14.6. The molecule has 0 atom stereocenters. The van der Waals surface area contributed by atoms with Crippen molar-refractivity contribution in [3.8, 4) is 6.07 Å². The molecule has 98 valence electrons. The number of sulfonamides is 1. The van der Waals surface area contributed by atoms with Crippen molar-refractivity contribution >= 4 is 27.3 Å². The van der Waals surface area contributed by atoms with Crippen LogP contribution in [0.3, 0.4) is 0 Å². The average molecular weight is 289 g/mol. The van der Waals surface area contributed by atoms with Crippen LogP contribution in [-0.4, -0.2) is 31.0 Å². The molecule has 0 aromatic carbocycles. The highest BCUT2D eigenvalue weighted by Crippen LogP contribution is 2.21. The summed E-state index contributed by atoms with van der Waals surface area (Å²) in [5.74, 6) is -1.41. The van der Waals surface area contributed by atoms with E-state index in [9.17, 15) is 13.2 Å². The van der Waals surface area contributed by atoms with E-state index < -0.39 is 27.1 Å². The zero-order valence-electron chi connectivity index (χ0n) is 9.67. The van der Waals surface area contributed by atoms with Crippen LogP contribution in [0.2, 0.25) is 0 Å². The molecule has 7 nitrogen and oxygen atoms in total. The van der Waals surface area contributed by atoms with Crippen molar-refractivity contribution in [3.05, 3.63) is 11.2 Å². The molecular formula is C9H11N3O4S2. The number of thiazole rings is 1. The van der Waals surface area contributed by atoms with E-state index in [1.807, 2.05) is 6.07 Å². The van der Waals surface area contributed by atoms with Gasteiger partial charge in [0.1, 0.15) is 0 Å². The normalized spacial score (nSPS) is 12.1. The molecule has 0 fully saturated rings. The highest BCUT2D eigenvalue weighted by molar-refractivity contribution is 7.91. The quantitative estimate of drug-likeness (QED) is 0.822. The summed E-state index contributed by atoms with van der Waals surface area (Å²) < 4.78 is 25.6. The number of hydrogen-bond donors (Lipinski definition) is 2. The number of hydrogen-bond acceptors (Lipinski definition) is 6. The van der Waals surface area contributed by atoms with E-state index in [4.69, 9.17) is 10.4 Å². The molecule has 1 aromatic heterocycles. The molecule has 2 N–H and O–H groups in total. The average Bonchev–Trinajstić information content (AvgIpc) is 2.76. The third kappa shape index (κ3) is 3.25. The van der Waals surface area contributed by atoms with Gasteiger partial charge in [0.05, 0.1) is 17.0 Å². The Hall–Kier alpha value is -1.50. The second-order valence-corrected chi connectivity index (χ2v) is 6.93. The van der Waals surface area contributed by atoms with Gasteiger partial charge in [-0.25, -0.2) is 22.9 Å². The molecule has 0 saturated carbocycles. The fraction of sp³-hybridized carbons (Fsp3) is 0.444. The Balaban J connectivity index is 2.98. The van der Waals surface area contributed by atoms with Gasteiger partial charge in [-0.1, -0.05) is 0 Å². The zero-order valence-corrected chi connectivity index (χ0v) is 11.3. The number of nitrogens with zero attached hydrogens (tertiary/aromatic N) is 2.